The van der Waals surface area contributed by atoms with E-state index in [0.29, 0.717) is 5.75 Å². The molecule has 1 aromatic rings. The topological polar surface area (TPSA) is 95.8 Å². The number of ether oxygens (including phenoxy) is 1. The van der Waals surface area contributed by atoms with Crippen LogP contribution in [0.15, 0.2) is 12.3 Å². The van der Waals surface area contributed by atoms with Crippen LogP contribution in [0.25, 0.3) is 0 Å². The summed E-state index contributed by atoms with van der Waals surface area (Å²) in [5.74, 6) is 0.137. The Morgan fingerprint density at radius 3 is 2.92 bits per heavy atom. The summed E-state index contributed by atoms with van der Waals surface area (Å²) in [7, 11) is 1.44. The van der Waals surface area contributed by atoms with E-state index in [1.54, 1.807) is 6.07 Å². The molecule has 1 rings (SSSR count). The van der Waals surface area contributed by atoms with Crippen LogP contribution in [0.3, 0.4) is 0 Å². The van der Waals surface area contributed by atoms with Crippen LogP contribution in [0.5, 0.6) is 5.75 Å². The molecule has 0 saturated carbocycles. The van der Waals surface area contributed by atoms with Gasteiger partial charge in [-0.3, -0.25) is 10.4 Å². The zero-order valence-electron chi connectivity index (χ0n) is 7.03. The third-order valence-corrected chi connectivity index (χ3v) is 1.50. The Kier molecular flexibility index (Phi) is 2.45. The van der Waals surface area contributed by atoms with Gasteiger partial charge < -0.3 is 10.5 Å². The van der Waals surface area contributed by atoms with Gasteiger partial charge in [0.25, 0.3) is 0 Å². The van der Waals surface area contributed by atoms with Gasteiger partial charge in [0.1, 0.15) is 28.9 Å². The van der Waals surface area contributed by atoms with Gasteiger partial charge in [0.2, 0.25) is 0 Å². The van der Waals surface area contributed by atoms with E-state index < -0.39 is 0 Å². The highest BCUT2D eigenvalue weighted by Gasteiger charge is 2.11. The first-order valence-corrected chi connectivity index (χ1v) is 3.48. The molecule has 0 saturated heterocycles. The second kappa shape index (κ2) is 3.54. The second-order valence-corrected chi connectivity index (χ2v) is 2.26. The number of hydrogen-bond acceptors (Lipinski definition) is 4. The molecule has 0 spiro atoms. The Bertz CT molecular complexity index is 380. The Morgan fingerprint density at radius 2 is 2.46 bits per heavy atom. The quantitative estimate of drug-likeness (QED) is 0.498. The number of aromatic nitrogens is 1. The SMILES string of the molecule is COc1ccnc(C(=N)N)c1C#N. The highest BCUT2D eigenvalue weighted by molar-refractivity contribution is 5.96. The monoisotopic (exact) mass is 176 g/mol. The van der Waals surface area contributed by atoms with Crippen molar-refractivity contribution in [3.8, 4) is 11.8 Å². The molecule has 13 heavy (non-hydrogen) atoms. The highest BCUT2D eigenvalue weighted by atomic mass is 16.5. The number of methoxy groups -OCH3 is 1. The van der Waals surface area contributed by atoms with Crippen molar-refractivity contribution in [3.63, 3.8) is 0 Å². The number of nitrogens with zero attached hydrogens (tertiary/aromatic N) is 2. The molecule has 0 fully saturated rings. The van der Waals surface area contributed by atoms with Gasteiger partial charge in [0.15, 0.2) is 0 Å². The zero-order chi connectivity index (χ0) is 9.84. The number of nitrogens with one attached hydrogen (secondary N) is 1. The number of amidine groups is 1. The Hall–Kier alpha value is -2.09. The molecule has 0 radical (unpaired) electrons. The summed E-state index contributed by atoms with van der Waals surface area (Å²) < 4.78 is 4.91. The van der Waals surface area contributed by atoms with Crippen molar-refractivity contribution in [2.75, 3.05) is 7.11 Å². The van der Waals surface area contributed by atoms with Gasteiger partial charge in [-0.1, -0.05) is 0 Å². The number of hydrogen-bond donors (Lipinski definition) is 2. The van der Waals surface area contributed by atoms with Gasteiger partial charge in [0.05, 0.1) is 7.11 Å². The maximum absolute atomic E-state index is 8.76. The predicted octanol–water partition coefficient (Wildman–Crippen LogP) is 0.246. The van der Waals surface area contributed by atoms with Crippen LogP contribution in [-0.4, -0.2) is 17.9 Å². The molecule has 5 heteroatoms. The lowest BCUT2D eigenvalue weighted by Gasteiger charge is -2.04. The molecule has 5 nitrogen and oxygen atoms in total. The van der Waals surface area contributed by atoms with E-state index in [1.165, 1.54) is 13.3 Å². The molecule has 66 valence electrons. The number of nitriles is 1. The molecule has 0 amide bonds. The van der Waals surface area contributed by atoms with Crippen molar-refractivity contribution in [1.29, 1.82) is 10.7 Å². The van der Waals surface area contributed by atoms with Crippen molar-refractivity contribution >= 4 is 5.84 Å². The maximum Gasteiger partial charge on any atom is 0.143 e. The molecule has 0 bridgehead atoms. The summed E-state index contributed by atoms with van der Waals surface area (Å²) in [6, 6.07) is 3.43. The average molecular weight is 176 g/mol. The van der Waals surface area contributed by atoms with E-state index >= 15 is 0 Å². The lowest BCUT2D eigenvalue weighted by Crippen LogP contribution is -2.15. The number of nitrogens with two attached hydrogens (primary N) is 1. The van der Waals surface area contributed by atoms with Crippen LogP contribution in [0.2, 0.25) is 0 Å². The van der Waals surface area contributed by atoms with Crippen LogP contribution in [0.1, 0.15) is 11.3 Å². The fraction of sp³-hybridized carbons (Fsp3) is 0.125. The predicted molar refractivity (Wildman–Crippen MR) is 46.5 cm³/mol. The Labute approximate surface area is 75.3 Å². The number of nitrogen functional groups attached to an aromatic ring is 1. The minimum Gasteiger partial charge on any atom is -0.495 e. The third kappa shape index (κ3) is 1.56. The second-order valence-electron chi connectivity index (χ2n) is 2.26. The van der Waals surface area contributed by atoms with Crippen LogP contribution in [0.4, 0.5) is 0 Å². The van der Waals surface area contributed by atoms with Gasteiger partial charge in [-0.05, 0) is 6.07 Å². The Morgan fingerprint density at radius 1 is 1.77 bits per heavy atom. The first kappa shape index (κ1) is 9.00. The summed E-state index contributed by atoms with van der Waals surface area (Å²) in [5, 5.41) is 15.9. The minimum absolute atomic E-state index is 0.154. The molecule has 0 atom stereocenters. The van der Waals surface area contributed by atoms with Crippen LogP contribution >= 0.6 is 0 Å². The van der Waals surface area contributed by atoms with E-state index in [1.807, 2.05) is 6.07 Å². The highest BCUT2D eigenvalue weighted by Crippen LogP contribution is 2.18. The summed E-state index contributed by atoms with van der Waals surface area (Å²) in [6.07, 6.45) is 1.44. The first-order valence-electron chi connectivity index (χ1n) is 3.48. The van der Waals surface area contributed by atoms with Crippen molar-refractivity contribution < 1.29 is 4.74 Å². The normalized spacial score (nSPS) is 8.92. The molecule has 1 aromatic heterocycles. The lowest BCUT2D eigenvalue weighted by atomic mass is 10.2. The van der Waals surface area contributed by atoms with Crippen LogP contribution in [-0.2, 0) is 0 Å². The minimum atomic E-state index is -0.240. The first-order chi connectivity index (χ1) is 6.20. The summed E-state index contributed by atoms with van der Waals surface area (Å²) in [4.78, 5) is 3.81. The fourth-order valence-corrected chi connectivity index (χ4v) is 0.926. The average Bonchev–Trinajstić information content (AvgIpc) is 2.16. The van der Waals surface area contributed by atoms with Crippen molar-refractivity contribution in [2.45, 2.75) is 0 Å². The van der Waals surface area contributed by atoms with Crippen molar-refractivity contribution in [1.82, 2.24) is 4.98 Å². The van der Waals surface area contributed by atoms with Crippen molar-refractivity contribution in [2.24, 2.45) is 5.73 Å². The van der Waals surface area contributed by atoms with E-state index in [4.69, 9.17) is 21.1 Å². The molecule has 0 unspecified atom stereocenters. The fourth-order valence-electron chi connectivity index (χ4n) is 0.926. The van der Waals surface area contributed by atoms with Gasteiger partial charge in [0, 0.05) is 6.20 Å². The summed E-state index contributed by atoms with van der Waals surface area (Å²) >= 11 is 0. The summed E-state index contributed by atoms with van der Waals surface area (Å²) in [5.41, 5.74) is 5.57. The van der Waals surface area contributed by atoms with Gasteiger partial charge in [-0.25, -0.2) is 0 Å². The van der Waals surface area contributed by atoms with E-state index in [0.717, 1.165) is 0 Å². The maximum atomic E-state index is 8.76. The largest absolute Gasteiger partial charge is 0.495 e. The summed E-state index contributed by atoms with van der Waals surface area (Å²) in [6.45, 7) is 0. The molecular weight excluding hydrogens is 168 g/mol. The van der Waals surface area contributed by atoms with E-state index in [9.17, 15) is 0 Å². The van der Waals surface area contributed by atoms with E-state index in [-0.39, 0.29) is 17.1 Å². The zero-order valence-corrected chi connectivity index (χ0v) is 7.03. The van der Waals surface area contributed by atoms with Gasteiger partial charge in [-0.2, -0.15) is 5.26 Å². The molecule has 1 heterocycles. The molecular formula is C8H8N4O. The Balaban J connectivity index is 3.38. The molecule has 0 aliphatic heterocycles. The standard InChI is InChI=1S/C8H8N4O/c1-13-6-2-3-12-7(8(10)11)5(6)4-9/h2-3H,1H3,(H3,10,11). The molecule has 0 aromatic carbocycles. The van der Waals surface area contributed by atoms with E-state index in [2.05, 4.69) is 4.98 Å². The number of pyridine rings is 1. The number of rotatable bonds is 2. The molecule has 3 N–H and O–H groups in total. The molecule has 0 aliphatic rings. The lowest BCUT2D eigenvalue weighted by molar-refractivity contribution is 0.412. The van der Waals surface area contributed by atoms with Gasteiger partial charge >= 0.3 is 0 Å². The van der Waals surface area contributed by atoms with Crippen molar-refractivity contribution in [3.05, 3.63) is 23.5 Å². The smallest absolute Gasteiger partial charge is 0.143 e. The van der Waals surface area contributed by atoms with Gasteiger partial charge in [-0.15, -0.1) is 0 Å². The molecule has 0 aliphatic carbocycles. The third-order valence-electron chi connectivity index (χ3n) is 1.50. The van der Waals surface area contributed by atoms with Crippen LogP contribution < -0.4 is 10.5 Å². The van der Waals surface area contributed by atoms with Crippen LogP contribution in [0, 0.1) is 16.7 Å².